The van der Waals surface area contributed by atoms with E-state index in [1.165, 1.54) is 0 Å². The van der Waals surface area contributed by atoms with Crippen molar-refractivity contribution in [1.29, 1.82) is 0 Å². The monoisotopic (exact) mass is 340 g/mol. The number of rotatable bonds is 2. The van der Waals surface area contributed by atoms with Gasteiger partial charge in [-0.1, -0.05) is 12.1 Å². The molecule has 20 heavy (non-hydrogen) atoms. The second-order valence-corrected chi connectivity index (χ2v) is 5.52. The van der Waals surface area contributed by atoms with Crippen molar-refractivity contribution in [3.8, 4) is 0 Å². The molecule has 7 heteroatoms. The molecule has 2 amide bonds. The Bertz CT molecular complexity index is 501. The van der Waals surface area contributed by atoms with E-state index in [2.05, 4.69) is 31.6 Å². The van der Waals surface area contributed by atoms with Crippen molar-refractivity contribution in [3.05, 3.63) is 28.7 Å². The van der Waals surface area contributed by atoms with Gasteiger partial charge < -0.3 is 10.2 Å². The van der Waals surface area contributed by atoms with Gasteiger partial charge in [0.2, 0.25) is 0 Å². The summed E-state index contributed by atoms with van der Waals surface area (Å²) in [5.74, 6) is -1.32. The van der Waals surface area contributed by atoms with Crippen molar-refractivity contribution in [2.24, 2.45) is 0 Å². The third-order valence-corrected chi connectivity index (χ3v) is 3.78. The minimum atomic E-state index is -0.671. The van der Waals surface area contributed by atoms with Crippen molar-refractivity contribution >= 4 is 33.4 Å². The molecule has 0 saturated carbocycles. The summed E-state index contributed by atoms with van der Waals surface area (Å²) < 4.78 is 0.737. The molecule has 1 fully saturated rings. The lowest BCUT2D eigenvalue weighted by molar-refractivity contribution is -0.139. The van der Waals surface area contributed by atoms with Crippen LogP contribution in [0.5, 0.6) is 0 Å². The second-order valence-electron chi connectivity index (χ2n) is 4.67. The first-order valence-electron chi connectivity index (χ1n) is 6.36. The molecule has 0 atom stereocenters. The number of anilines is 1. The lowest BCUT2D eigenvalue weighted by atomic mass is 10.3. The van der Waals surface area contributed by atoms with Crippen LogP contribution in [0.25, 0.3) is 0 Å². The number of amides is 2. The lowest BCUT2D eigenvalue weighted by Gasteiger charge is -2.32. The van der Waals surface area contributed by atoms with Crippen LogP contribution in [0.3, 0.4) is 0 Å². The molecule has 0 unspecified atom stereocenters. The van der Waals surface area contributed by atoms with Crippen LogP contribution in [0.4, 0.5) is 5.69 Å². The minimum absolute atomic E-state index is 0.575. The first kappa shape index (κ1) is 15.0. The highest BCUT2D eigenvalue weighted by Crippen LogP contribution is 2.20. The summed E-state index contributed by atoms with van der Waals surface area (Å²) in [4.78, 5) is 25.8. The van der Waals surface area contributed by atoms with Crippen LogP contribution in [0.15, 0.2) is 28.7 Å². The van der Waals surface area contributed by atoms with Gasteiger partial charge in [0.05, 0.1) is 5.69 Å². The highest BCUT2D eigenvalue weighted by atomic mass is 79.9. The summed E-state index contributed by atoms with van der Waals surface area (Å²) in [5, 5.41) is 4.34. The van der Waals surface area contributed by atoms with Crippen LogP contribution >= 0.6 is 15.9 Å². The standard InChI is InChI=1S/C13H17BrN4O2/c1-17-6-8-18(9-7-17)16-13(20)12(19)15-11-5-3-2-4-10(11)14/h2-5H,6-9H2,1H3,(H,15,19)(H,16,20). The highest BCUT2D eigenvalue weighted by molar-refractivity contribution is 9.10. The Morgan fingerprint density at radius 2 is 1.75 bits per heavy atom. The van der Waals surface area contributed by atoms with Crippen molar-refractivity contribution in [1.82, 2.24) is 15.3 Å². The van der Waals surface area contributed by atoms with E-state index in [-0.39, 0.29) is 0 Å². The van der Waals surface area contributed by atoms with Gasteiger partial charge in [0.1, 0.15) is 0 Å². The van der Waals surface area contributed by atoms with E-state index in [0.717, 1.165) is 17.6 Å². The summed E-state index contributed by atoms with van der Waals surface area (Å²) >= 11 is 3.32. The smallest absolute Gasteiger partial charge is 0.317 e. The Morgan fingerprint density at radius 3 is 2.40 bits per heavy atom. The number of para-hydroxylation sites is 1. The molecule has 0 bridgehead atoms. The van der Waals surface area contributed by atoms with Gasteiger partial charge in [-0.2, -0.15) is 0 Å². The second kappa shape index (κ2) is 6.83. The molecule has 6 nitrogen and oxygen atoms in total. The molecule has 0 aliphatic carbocycles. The number of hydrogen-bond acceptors (Lipinski definition) is 4. The Hall–Kier alpha value is -1.44. The first-order chi connectivity index (χ1) is 9.56. The van der Waals surface area contributed by atoms with E-state index in [1.54, 1.807) is 23.2 Å². The van der Waals surface area contributed by atoms with Gasteiger partial charge >= 0.3 is 11.8 Å². The molecule has 2 rings (SSSR count). The highest BCUT2D eigenvalue weighted by Gasteiger charge is 2.20. The maximum atomic E-state index is 11.8. The molecule has 1 heterocycles. The zero-order valence-electron chi connectivity index (χ0n) is 11.2. The molecule has 108 valence electrons. The van der Waals surface area contributed by atoms with Crippen LogP contribution < -0.4 is 10.7 Å². The summed E-state index contributed by atoms with van der Waals surface area (Å²) in [7, 11) is 2.03. The molecule has 1 aliphatic rings. The number of benzene rings is 1. The minimum Gasteiger partial charge on any atom is -0.317 e. The van der Waals surface area contributed by atoms with Gasteiger partial charge in [-0.05, 0) is 35.1 Å². The van der Waals surface area contributed by atoms with Crippen molar-refractivity contribution < 1.29 is 9.59 Å². The number of carbonyl (C=O) groups is 2. The Kier molecular flexibility index (Phi) is 5.11. The molecule has 1 aromatic carbocycles. The van der Waals surface area contributed by atoms with Gasteiger partial charge in [0, 0.05) is 30.7 Å². The number of carbonyl (C=O) groups excluding carboxylic acids is 2. The van der Waals surface area contributed by atoms with Crippen LogP contribution in [-0.2, 0) is 9.59 Å². The zero-order valence-corrected chi connectivity index (χ0v) is 12.8. The third-order valence-electron chi connectivity index (χ3n) is 3.09. The molecule has 1 saturated heterocycles. The maximum Gasteiger partial charge on any atom is 0.323 e. The quantitative estimate of drug-likeness (QED) is 0.776. The van der Waals surface area contributed by atoms with Gasteiger partial charge in [0.15, 0.2) is 0 Å². The molecular formula is C13H17BrN4O2. The Labute approximate surface area is 126 Å². The van der Waals surface area contributed by atoms with Crippen molar-refractivity contribution in [2.45, 2.75) is 0 Å². The Balaban J connectivity index is 1.86. The summed E-state index contributed by atoms with van der Waals surface area (Å²) in [6, 6.07) is 7.15. The number of halogens is 1. The zero-order chi connectivity index (χ0) is 14.5. The average Bonchev–Trinajstić information content (AvgIpc) is 2.44. The summed E-state index contributed by atoms with van der Waals surface area (Å²) in [6.45, 7) is 3.16. The lowest BCUT2D eigenvalue weighted by Crippen LogP contribution is -2.54. The molecule has 0 radical (unpaired) electrons. The molecule has 2 N–H and O–H groups in total. The number of hydrogen-bond donors (Lipinski definition) is 2. The van der Waals surface area contributed by atoms with E-state index in [0.29, 0.717) is 18.8 Å². The van der Waals surface area contributed by atoms with Gasteiger partial charge in [-0.25, -0.2) is 5.01 Å². The number of nitrogens with one attached hydrogen (secondary N) is 2. The van der Waals surface area contributed by atoms with Crippen molar-refractivity contribution in [2.75, 3.05) is 38.5 Å². The Morgan fingerprint density at radius 1 is 1.10 bits per heavy atom. The van der Waals surface area contributed by atoms with Crippen molar-refractivity contribution in [3.63, 3.8) is 0 Å². The normalized spacial score (nSPS) is 16.7. The van der Waals surface area contributed by atoms with E-state index in [4.69, 9.17) is 0 Å². The molecular weight excluding hydrogens is 324 g/mol. The fraction of sp³-hybridized carbons (Fsp3) is 0.385. The van der Waals surface area contributed by atoms with Crippen LogP contribution in [0.1, 0.15) is 0 Å². The van der Waals surface area contributed by atoms with E-state index in [1.807, 2.05) is 13.1 Å². The molecule has 1 aromatic rings. The van der Waals surface area contributed by atoms with E-state index >= 15 is 0 Å². The third kappa shape index (κ3) is 4.03. The van der Waals surface area contributed by atoms with E-state index in [9.17, 15) is 9.59 Å². The largest absolute Gasteiger partial charge is 0.323 e. The fourth-order valence-electron chi connectivity index (χ4n) is 1.85. The number of piperazine rings is 1. The van der Waals surface area contributed by atoms with Crippen LogP contribution in [-0.4, -0.2) is 54.9 Å². The molecule has 0 aromatic heterocycles. The summed E-state index contributed by atoms with van der Waals surface area (Å²) in [5.41, 5.74) is 3.19. The van der Waals surface area contributed by atoms with Crippen LogP contribution in [0, 0.1) is 0 Å². The van der Waals surface area contributed by atoms with Gasteiger partial charge in [-0.3, -0.25) is 15.0 Å². The fourth-order valence-corrected chi connectivity index (χ4v) is 2.24. The maximum absolute atomic E-state index is 11.8. The van der Waals surface area contributed by atoms with Crippen LogP contribution in [0.2, 0.25) is 0 Å². The van der Waals surface area contributed by atoms with Gasteiger partial charge in [-0.15, -0.1) is 0 Å². The number of nitrogens with zero attached hydrogens (tertiary/aromatic N) is 2. The number of hydrazine groups is 1. The predicted octanol–water partition coefficient (Wildman–Crippen LogP) is 0.666. The summed E-state index contributed by atoms with van der Waals surface area (Å²) in [6.07, 6.45) is 0. The predicted molar refractivity (Wildman–Crippen MR) is 80.0 cm³/mol. The van der Waals surface area contributed by atoms with E-state index < -0.39 is 11.8 Å². The topological polar surface area (TPSA) is 64.7 Å². The molecule has 1 aliphatic heterocycles. The SMILES string of the molecule is CN1CCN(NC(=O)C(=O)Nc2ccccc2Br)CC1. The average molecular weight is 341 g/mol. The number of likely N-dealkylation sites (N-methyl/N-ethyl adjacent to an activating group) is 1. The van der Waals surface area contributed by atoms with Gasteiger partial charge in [0.25, 0.3) is 0 Å². The molecule has 0 spiro atoms. The first-order valence-corrected chi connectivity index (χ1v) is 7.15.